The van der Waals surface area contributed by atoms with Crippen LogP contribution < -0.4 is 4.72 Å². The first-order chi connectivity index (χ1) is 11.0. The van der Waals surface area contributed by atoms with Gasteiger partial charge < -0.3 is 4.98 Å². The van der Waals surface area contributed by atoms with Gasteiger partial charge in [0.1, 0.15) is 0 Å². The van der Waals surface area contributed by atoms with E-state index in [-0.39, 0.29) is 5.56 Å². The van der Waals surface area contributed by atoms with Crippen molar-refractivity contribution in [3.63, 3.8) is 0 Å². The highest BCUT2D eigenvalue weighted by molar-refractivity contribution is 7.86. The van der Waals surface area contributed by atoms with Crippen LogP contribution in [0.25, 0.3) is 17.0 Å². The summed E-state index contributed by atoms with van der Waals surface area (Å²) in [5.41, 5.74) is 0.616. The molecule has 3 rings (SSSR count). The molecular weight excluding hydrogens is 344 g/mol. The van der Waals surface area contributed by atoms with Crippen LogP contribution in [0.15, 0.2) is 41.9 Å². The smallest absolute Gasteiger partial charge is 0.222 e. The number of nitrogens with zero attached hydrogens (tertiary/aromatic N) is 1. The zero-order valence-corrected chi connectivity index (χ0v) is 13.1. The third-order valence-electron chi connectivity index (χ3n) is 3.17. The van der Waals surface area contributed by atoms with Crippen LogP contribution in [-0.2, 0) is 11.0 Å². The fraction of sp³-hybridized carbons (Fsp3) is 0. The summed E-state index contributed by atoms with van der Waals surface area (Å²) < 4.78 is 42.3. The largest absolute Gasteiger partial charge is 0.360 e. The third-order valence-corrected chi connectivity index (χ3v) is 4.52. The van der Waals surface area contributed by atoms with E-state index in [1.54, 1.807) is 18.2 Å². The van der Waals surface area contributed by atoms with Crippen molar-refractivity contribution in [2.45, 2.75) is 4.90 Å². The lowest BCUT2D eigenvalue weighted by Crippen LogP contribution is -2.09. The molecule has 0 aliphatic carbocycles. The molecule has 0 amide bonds. The number of benzene rings is 1. The topological polar surface area (TPSA) is 57.8 Å². The summed E-state index contributed by atoms with van der Waals surface area (Å²) in [5.74, 6) is -2.15. The average molecular weight is 354 g/mol. The molecule has 8 heteroatoms. The minimum absolute atomic E-state index is 0.0689. The lowest BCUT2D eigenvalue weighted by atomic mass is 10.2. The second kappa shape index (κ2) is 6.10. The van der Waals surface area contributed by atoms with Gasteiger partial charge in [0.05, 0.1) is 4.90 Å². The minimum Gasteiger partial charge on any atom is -0.360 e. The molecule has 4 nitrogen and oxygen atoms in total. The lowest BCUT2D eigenvalue weighted by molar-refractivity contribution is 0.562. The highest BCUT2D eigenvalue weighted by Gasteiger charge is 2.16. The van der Waals surface area contributed by atoms with Crippen LogP contribution in [-0.4, -0.2) is 14.2 Å². The SMILES string of the molecule is C=Cc1cc(F)c(NS(=O)c2c[nH]c3cc(Cl)ccc23)nc1F. The molecule has 1 aromatic carbocycles. The molecule has 0 aliphatic rings. The fourth-order valence-corrected chi connectivity index (χ4v) is 3.21. The number of hydrogen-bond acceptors (Lipinski definition) is 2. The van der Waals surface area contributed by atoms with E-state index in [1.807, 2.05) is 0 Å². The average Bonchev–Trinajstić information content (AvgIpc) is 2.93. The Kier molecular flexibility index (Phi) is 4.14. The Morgan fingerprint density at radius 2 is 2.13 bits per heavy atom. The van der Waals surface area contributed by atoms with E-state index in [0.717, 1.165) is 12.1 Å². The van der Waals surface area contributed by atoms with Gasteiger partial charge in [-0.25, -0.2) is 8.60 Å². The maximum Gasteiger partial charge on any atom is 0.222 e. The van der Waals surface area contributed by atoms with Gasteiger partial charge in [-0.05, 0) is 18.2 Å². The van der Waals surface area contributed by atoms with Crippen molar-refractivity contribution < 1.29 is 13.0 Å². The van der Waals surface area contributed by atoms with Crippen LogP contribution in [0.4, 0.5) is 14.6 Å². The maximum absolute atomic E-state index is 13.9. The van der Waals surface area contributed by atoms with Gasteiger partial charge in [-0.2, -0.15) is 9.37 Å². The van der Waals surface area contributed by atoms with Crippen molar-refractivity contribution in [3.8, 4) is 0 Å². The van der Waals surface area contributed by atoms with E-state index >= 15 is 0 Å². The normalized spacial score (nSPS) is 12.3. The quantitative estimate of drug-likeness (QED) is 0.688. The summed E-state index contributed by atoms with van der Waals surface area (Å²) in [6.07, 6.45) is 2.66. The van der Waals surface area contributed by atoms with Gasteiger partial charge in [0.2, 0.25) is 5.95 Å². The molecule has 2 N–H and O–H groups in total. The van der Waals surface area contributed by atoms with E-state index in [4.69, 9.17) is 11.6 Å². The number of aromatic nitrogens is 2. The molecule has 0 saturated heterocycles. The lowest BCUT2D eigenvalue weighted by Gasteiger charge is -2.07. The number of halogens is 3. The number of rotatable bonds is 4. The van der Waals surface area contributed by atoms with Gasteiger partial charge in [-0.1, -0.05) is 30.3 Å². The predicted octanol–water partition coefficient (Wildman–Crippen LogP) is 4.27. The zero-order chi connectivity index (χ0) is 16.6. The number of H-pyrrole nitrogens is 1. The Balaban J connectivity index is 1.95. The Labute approximate surface area is 137 Å². The molecular formula is C15H10ClF2N3OS. The minimum atomic E-state index is -1.83. The van der Waals surface area contributed by atoms with Gasteiger partial charge in [-0.3, -0.25) is 4.72 Å². The fourth-order valence-electron chi connectivity index (χ4n) is 2.06. The first-order valence-electron chi connectivity index (χ1n) is 6.43. The van der Waals surface area contributed by atoms with Crippen LogP contribution in [0.3, 0.4) is 0 Å². The van der Waals surface area contributed by atoms with Gasteiger partial charge in [0.15, 0.2) is 22.6 Å². The van der Waals surface area contributed by atoms with E-state index in [9.17, 15) is 13.0 Å². The molecule has 118 valence electrons. The number of anilines is 1. The van der Waals surface area contributed by atoms with Crippen molar-refractivity contribution in [2.75, 3.05) is 4.72 Å². The van der Waals surface area contributed by atoms with Crippen molar-refractivity contribution in [2.24, 2.45) is 0 Å². The number of pyridine rings is 1. The summed E-state index contributed by atoms with van der Waals surface area (Å²) in [7, 11) is -1.83. The highest BCUT2D eigenvalue weighted by atomic mass is 35.5. The third kappa shape index (κ3) is 2.97. The molecule has 1 atom stereocenters. The molecule has 0 saturated carbocycles. The van der Waals surface area contributed by atoms with E-state index in [1.165, 1.54) is 6.20 Å². The Bertz CT molecular complexity index is 942. The first-order valence-corrected chi connectivity index (χ1v) is 7.96. The predicted molar refractivity (Wildman–Crippen MR) is 87.6 cm³/mol. The van der Waals surface area contributed by atoms with Crippen LogP contribution >= 0.6 is 11.6 Å². The monoisotopic (exact) mass is 353 g/mol. The Morgan fingerprint density at radius 1 is 1.35 bits per heavy atom. The molecule has 0 aliphatic heterocycles. The number of aromatic amines is 1. The van der Waals surface area contributed by atoms with Crippen molar-refractivity contribution >= 4 is 45.4 Å². The Morgan fingerprint density at radius 3 is 2.87 bits per heavy atom. The zero-order valence-electron chi connectivity index (χ0n) is 11.6. The molecule has 0 bridgehead atoms. The summed E-state index contributed by atoms with van der Waals surface area (Å²) in [4.78, 5) is 6.74. The molecule has 2 heterocycles. The van der Waals surface area contributed by atoms with Crippen molar-refractivity contribution in [3.05, 3.63) is 59.4 Å². The maximum atomic E-state index is 13.9. The van der Waals surface area contributed by atoms with Crippen LogP contribution in [0.2, 0.25) is 5.02 Å². The van der Waals surface area contributed by atoms with Crippen LogP contribution in [0.1, 0.15) is 5.56 Å². The second-order valence-electron chi connectivity index (χ2n) is 4.62. The van der Waals surface area contributed by atoms with E-state index in [0.29, 0.717) is 20.8 Å². The van der Waals surface area contributed by atoms with E-state index < -0.39 is 28.6 Å². The summed E-state index contributed by atoms with van der Waals surface area (Å²) >= 11 is 5.88. The summed E-state index contributed by atoms with van der Waals surface area (Å²) in [5, 5.41) is 1.18. The standard InChI is InChI=1S/C15H10ClF2N3OS/c1-2-8-5-11(17)15(20-14(8)18)21-23(22)13-7-19-12-6-9(16)3-4-10(12)13/h2-7,19H,1H2,(H,20,21). The van der Waals surface area contributed by atoms with E-state index in [2.05, 4.69) is 21.3 Å². The molecule has 2 aromatic heterocycles. The number of hydrogen-bond donors (Lipinski definition) is 2. The first kappa shape index (κ1) is 15.6. The summed E-state index contributed by atoms with van der Waals surface area (Å²) in [6, 6.07) is 5.95. The molecule has 1 unspecified atom stereocenters. The molecule has 3 aromatic rings. The van der Waals surface area contributed by atoms with Crippen molar-refractivity contribution in [1.29, 1.82) is 0 Å². The van der Waals surface area contributed by atoms with Gasteiger partial charge in [0.25, 0.3) is 0 Å². The second-order valence-corrected chi connectivity index (χ2v) is 6.23. The van der Waals surface area contributed by atoms with Gasteiger partial charge >= 0.3 is 0 Å². The van der Waals surface area contributed by atoms with Crippen LogP contribution in [0.5, 0.6) is 0 Å². The van der Waals surface area contributed by atoms with Crippen LogP contribution in [0, 0.1) is 11.8 Å². The molecule has 0 fully saturated rings. The van der Waals surface area contributed by atoms with Crippen molar-refractivity contribution in [1.82, 2.24) is 9.97 Å². The molecule has 0 radical (unpaired) electrons. The summed E-state index contributed by atoms with van der Waals surface area (Å²) in [6.45, 7) is 3.36. The van der Waals surface area contributed by atoms with Gasteiger partial charge in [-0.15, -0.1) is 0 Å². The molecule has 23 heavy (non-hydrogen) atoms. The van der Waals surface area contributed by atoms with Gasteiger partial charge in [0, 0.05) is 27.7 Å². The molecule has 0 spiro atoms. The Hall–Kier alpha value is -2.25. The number of nitrogens with one attached hydrogen (secondary N) is 2. The number of fused-ring (bicyclic) bond motifs is 1. The highest BCUT2D eigenvalue weighted by Crippen LogP contribution is 2.25.